The summed E-state index contributed by atoms with van der Waals surface area (Å²) in [5.74, 6) is 1.76. The van der Waals surface area contributed by atoms with Crippen LogP contribution >= 0.6 is 0 Å². The van der Waals surface area contributed by atoms with Crippen molar-refractivity contribution in [2.75, 3.05) is 21.3 Å². The first-order chi connectivity index (χ1) is 14.0. The molecule has 0 radical (unpaired) electrons. The minimum Gasteiger partial charge on any atom is -0.493 e. The fraction of sp³-hybridized carbons (Fsp3) is 0.455. The summed E-state index contributed by atoms with van der Waals surface area (Å²) in [7, 11) is 4.58. The molecule has 3 rings (SSSR count). The maximum Gasteiger partial charge on any atom is 0.255 e. The van der Waals surface area contributed by atoms with Crippen LogP contribution in [0.2, 0.25) is 0 Å². The Morgan fingerprint density at radius 1 is 0.966 bits per heavy atom. The molecule has 0 saturated heterocycles. The van der Waals surface area contributed by atoms with Crippen LogP contribution in [0.25, 0.3) is 0 Å². The van der Waals surface area contributed by atoms with Gasteiger partial charge in [0.25, 0.3) is 5.91 Å². The summed E-state index contributed by atoms with van der Waals surface area (Å²) >= 11 is 0. The number of amides is 1. The molecule has 1 N–H and O–H groups in total. The second-order valence-electron chi connectivity index (χ2n) is 7.12. The fourth-order valence-electron chi connectivity index (χ4n) is 3.56. The van der Waals surface area contributed by atoms with Crippen LogP contribution in [-0.2, 0) is 0 Å². The minimum absolute atomic E-state index is 0.0890. The van der Waals surface area contributed by atoms with Crippen molar-refractivity contribution in [2.24, 2.45) is 0 Å². The summed E-state index contributed by atoms with van der Waals surface area (Å²) in [5.41, 5.74) is 1.53. The van der Waals surface area contributed by atoms with Crippen molar-refractivity contribution < 1.29 is 23.7 Å². The lowest BCUT2D eigenvalue weighted by Crippen LogP contribution is -2.39. The lowest BCUT2D eigenvalue weighted by Gasteiger charge is -2.29. The molecule has 1 saturated carbocycles. The van der Waals surface area contributed by atoms with Crippen LogP contribution in [0.5, 0.6) is 23.1 Å². The number of rotatable bonds is 7. The van der Waals surface area contributed by atoms with Crippen molar-refractivity contribution in [3.63, 3.8) is 0 Å². The molecule has 0 unspecified atom stereocenters. The second kappa shape index (κ2) is 9.49. The molecule has 1 aliphatic rings. The molecule has 1 amide bonds. The van der Waals surface area contributed by atoms with E-state index in [4.69, 9.17) is 18.9 Å². The van der Waals surface area contributed by atoms with E-state index in [2.05, 4.69) is 10.3 Å². The highest BCUT2D eigenvalue weighted by molar-refractivity contribution is 5.98. The number of aryl methyl sites for hydroxylation is 1. The van der Waals surface area contributed by atoms with E-state index in [1.165, 1.54) is 14.2 Å². The van der Waals surface area contributed by atoms with Crippen LogP contribution in [0, 0.1) is 6.92 Å². The van der Waals surface area contributed by atoms with E-state index >= 15 is 0 Å². The van der Waals surface area contributed by atoms with Crippen molar-refractivity contribution in [3.05, 3.63) is 41.6 Å². The van der Waals surface area contributed by atoms with Crippen LogP contribution < -0.4 is 24.3 Å². The summed E-state index contributed by atoms with van der Waals surface area (Å²) in [6.07, 6.45) is 5.34. The monoisotopic (exact) mass is 400 g/mol. The Balaban J connectivity index is 1.59. The van der Waals surface area contributed by atoms with Gasteiger partial charge in [0, 0.05) is 18.3 Å². The zero-order valence-corrected chi connectivity index (χ0v) is 17.4. The molecule has 7 nitrogen and oxygen atoms in total. The Bertz CT molecular complexity index is 830. The Labute approximate surface area is 171 Å². The molecule has 0 aliphatic heterocycles. The van der Waals surface area contributed by atoms with Crippen molar-refractivity contribution in [2.45, 2.75) is 44.8 Å². The van der Waals surface area contributed by atoms with Gasteiger partial charge in [-0.25, -0.2) is 4.98 Å². The average Bonchev–Trinajstić information content (AvgIpc) is 2.75. The Morgan fingerprint density at radius 2 is 1.69 bits per heavy atom. The van der Waals surface area contributed by atoms with Crippen LogP contribution in [-0.4, -0.2) is 44.4 Å². The van der Waals surface area contributed by atoms with Gasteiger partial charge in [0.15, 0.2) is 11.5 Å². The number of hydrogen-bond donors (Lipinski definition) is 1. The summed E-state index contributed by atoms with van der Waals surface area (Å²) < 4.78 is 22.0. The highest BCUT2D eigenvalue weighted by Gasteiger charge is 2.26. The predicted molar refractivity (Wildman–Crippen MR) is 109 cm³/mol. The van der Waals surface area contributed by atoms with Crippen molar-refractivity contribution in [3.8, 4) is 23.1 Å². The molecule has 1 heterocycles. The Morgan fingerprint density at radius 3 is 2.28 bits per heavy atom. The number of ether oxygens (including phenoxy) is 4. The number of nitrogens with zero attached hydrogens (tertiary/aromatic N) is 1. The SMILES string of the molecule is COc1ccc(C(=O)NC2CCC(Oc3ccc(C)cn3)CC2)c(OC)c1OC. The van der Waals surface area contributed by atoms with Gasteiger partial charge in [-0.3, -0.25) is 4.79 Å². The molecule has 1 aromatic heterocycles. The predicted octanol–water partition coefficient (Wildman–Crippen LogP) is 3.54. The molecule has 1 aliphatic carbocycles. The number of nitrogens with one attached hydrogen (secondary N) is 1. The van der Waals surface area contributed by atoms with Gasteiger partial charge in [-0.2, -0.15) is 0 Å². The van der Waals surface area contributed by atoms with E-state index in [9.17, 15) is 4.79 Å². The van der Waals surface area contributed by atoms with Crippen molar-refractivity contribution in [1.29, 1.82) is 0 Å². The van der Waals surface area contributed by atoms with Crippen LogP contribution in [0.3, 0.4) is 0 Å². The molecule has 7 heteroatoms. The fourth-order valence-corrected chi connectivity index (χ4v) is 3.56. The van der Waals surface area contributed by atoms with E-state index in [0.717, 1.165) is 31.2 Å². The van der Waals surface area contributed by atoms with Gasteiger partial charge >= 0.3 is 0 Å². The van der Waals surface area contributed by atoms with Crippen LogP contribution in [0.4, 0.5) is 0 Å². The number of methoxy groups -OCH3 is 3. The third-order valence-electron chi connectivity index (χ3n) is 5.13. The van der Waals surface area contributed by atoms with Gasteiger partial charge in [0.05, 0.1) is 26.9 Å². The van der Waals surface area contributed by atoms with Gasteiger partial charge in [-0.05, 0) is 50.3 Å². The Hall–Kier alpha value is -2.96. The smallest absolute Gasteiger partial charge is 0.255 e. The molecule has 29 heavy (non-hydrogen) atoms. The first-order valence-corrected chi connectivity index (χ1v) is 9.74. The van der Waals surface area contributed by atoms with Crippen molar-refractivity contribution >= 4 is 5.91 Å². The van der Waals surface area contributed by atoms with E-state index in [-0.39, 0.29) is 18.1 Å². The number of benzene rings is 1. The number of hydrogen-bond acceptors (Lipinski definition) is 6. The summed E-state index contributed by atoms with van der Waals surface area (Å²) in [5, 5.41) is 3.10. The third-order valence-corrected chi connectivity index (χ3v) is 5.13. The first-order valence-electron chi connectivity index (χ1n) is 9.74. The van der Waals surface area contributed by atoms with Gasteiger partial charge in [-0.15, -0.1) is 0 Å². The first kappa shape index (κ1) is 20.8. The second-order valence-corrected chi connectivity index (χ2v) is 7.12. The Kier molecular flexibility index (Phi) is 6.80. The molecule has 1 aromatic carbocycles. The minimum atomic E-state index is -0.188. The van der Waals surface area contributed by atoms with Crippen LogP contribution in [0.15, 0.2) is 30.5 Å². The van der Waals surface area contributed by atoms with E-state index < -0.39 is 0 Å². The maximum absolute atomic E-state index is 12.8. The van der Waals surface area contributed by atoms with Crippen molar-refractivity contribution in [1.82, 2.24) is 10.3 Å². The third kappa shape index (κ3) is 4.91. The van der Waals surface area contributed by atoms with Gasteiger partial charge in [0.2, 0.25) is 11.6 Å². The molecule has 0 spiro atoms. The highest BCUT2D eigenvalue weighted by atomic mass is 16.5. The summed E-state index contributed by atoms with van der Waals surface area (Å²) in [6, 6.07) is 7.37. The highest BCUT2D eigenvalue weighted by Crippen LogP contribution is 2.39. The largest absolute Gasteiger partial charge is 0.493 e. The maximum atomic E-state index is 12.8. The molecule has 156 valence electrons. The van der Waals surface area contributed by atoms with E-state index in [0.29, 0.717) is 28.7 Å². The molecule has 1 fully saturated rings. The standard InChI is InChI=1S/C22H28N2O5/c1-14-5-12-19(23-13-14)29-16-8-6-15(7-9-16)24-22(25)17-10-11-18(26-2)21(28-4)20(17)27-3/h5,10-13,15-16H,6-9H2,1-4H3,(H,24,25). The quantitative estimate of drug-likeness (QED) is 0.766. The number of carbonyl (C=O) groups excluding carboxylic acids is 1. The topological polar surface area (TPSA) is 78.9 Å². The van der Waals surface area contributed by atoms with E-state index in [1.807, 2.05) is 19.1 Å². The summed E-state index contributed by atoms with van der Waals surface area (Å²) in [6.45, 7) is 2.00. The normalized spacial score (nSPS) is 18.6. The number of aromatic nitrogens is 1. The number of pyridine rings is 1. The summed E-state index contributed by atoms with van der Waals surface area (Å²) in [4.78, 5) is 17.1. The van der Waals surface area contributed by atoms with Crippen LogP contribution in [0.1, 0.15) is 41.6 Å². The zero-order chi connectivity index (χ0) is 20.8. The lowest BCUT2D eigenvalue weighted by molar-refractivity contribution is 0.0886. The van der Waals surface area contributed by atoms with Gasteiger partial charge in [-0.1, -0.05) is 6.07 Å². The van der Waals surface area contributed by atoms with E-state index in [1.54, 1.807) is 25.4 Å². The molecule has 0 bridgehead atoms. The zero-order valence-electron chi connectivity index (χ0n) is 17.4. The van der Waals surface area contributed by atoms with Gasteiger partial charge in [0.1, 0.15) is 6.10 Å². The molecule has 0 atom stereocenters. The van der Waals surface area contributed by atoms with Gasteiger partial charge < -0.3 is 24.3 Å². The molecule has 2 aromatic rings. The average molecular weight is 400 g/mol. The lowest BCUT2D eigenvalue weighted by atomic mass is 9.92. The number of carbonyl (C=O) groups is 1. The molecular weight excluding hydrogens is 372 g/mol. The molecular formula is C22H28N2O5.